The molecule has 1 saturated heterocycles. The number of amides is 1. The van der Waals surface area contributed by atoms with Crippen molar-refractivity contribution in [2.45, 2.75) is 33.2 Å². The second kappa shape index (κ2) is 6.62. The second-order valence-corrected chi connectivity index (χ2v) is 6.00. The summed E-state index contributed by atoms with van der Waals surface area (Å²) in [7, 11) is 0. The lowest BCUT2D eigenvalue weighted by molar-refractivity contribution is -0.139. The van der Waals surface area contributed by atoms with Gasteiger partial charge in [-0.3, -0.25) is 4.79 Å². The van der Waals surface area contributed by atoms with E-state index < -0.39 is 0 Å². The highest BCUT2D eigenvalue weighted by atomic mass is 16.5. The van der Waals surface area contributed by atoms with Gasteiger partial charge in [-0.25, -0.2) is 0 Å². The average molecular weight is 286 g/mol. The van der Waals surface area contributed by atoms with Crippen molar-refractivity contribution in [3.8, 4) is 11.8 Å². The third-order valence-electron chi connectivity index (χ3n) is 4.28. The van der Waals surface area contributed by atoms with Crippen LogP contribution >= 0.6 is 0 Å². The van der Waals surface area contributed by atoms with Crippen LogP contribution in [0.15, 0.2) is 24.3 Å². The Labute approximate surface area is 126 Å². The SMILES string of the molecule is CC1CC(C)C(C)N(C(=O)COc2ccccc2C#N)C1. The van der Waals surface area contributed by atoms with Crippen LogP contribution in [0.25, 0.3) is 0 Å². The first-order chi connectivity index (χ1) is 10.0. The molecule has 1 amide bonds. The van der Waals surface area contributed by atoms with Crippen LogP contribution in [-0.2, 0) is 4.79 Å². The molecule has 4 nitrogen and oxygen atoms in total. The van der Waals surface area contributed by atoms with Gasteiger partial charge in [0, 0.05) is 12.6 Å². The molecule has 0 bridgehead atoms. The molecule has 1 aliphatic rings. The number of hydrogen-bond acceptors (Lipinski definition) is 3. The van der Waals surface area contributed by atoms with Crippen molar-refractivity contribution in [1.82, 2.24) is 4.90 Å². The van der Waals surface area contributed by atoms with Crippen LogP contribution in [0.2, 0.25) is 0 Å². The van der Waals surface area contributed by atoms with Crippen molar-refractivity contribution in [2.75, 3.05) is 13.2 Å². The van der Waals surface area contributed by atoms with Crippen molar-refractivity contribution in [3.05, 3.63) is 29.8 Å². The zero-order chi connectivity index (χ0) is 15.4. The molecule has 0 aromatic heterocycles. The third kappa shape index (κ3) is 3.55. The number of nitrogens with zero attached hydrogens (tertiary/aromatic N) is 2. The van der Waals surface area contributed by atoms with Gasteiger partial charge in [0.2, 0.25) is 0 Å². The minimum Gasteiger partial charge on any atom is -0.482 e. The molecule has 112 valence electrons. The summed E-state index contributed by atoms with van der Waals surface area (Å²) >= 11 is 0. The molecule has 0 saturated carbocycles. The van der Waals surface area contributed by atoms with Gasteiger partial charge >= 0.3 is 0 Å². The molecule has 1 fully saturated rings. The van der Waals surface area contributed by atoms with E-state index in [1.807, 2.05) is 4.90 Å². The maximum absolute atomic E-state index is 12.4. The van der Waals surface area contributed by atoms with Gasteiger partial charge in [-0.2, -0.15) is 5.26 Å². The topological polar surface area (TPSA) is 53.3 Å². The van der Waals surface area contributed by atoms with E-state index in [0.29, 0.717) is 23.1 Å². The first kappa shape index (κ1) is 15.4. The minimum atomic E-state index is -0.0114. The first-order valence-electron chi connectivity index (χ1n) is 7.44. The molecule has 0 radical (unpaired) electrons. The monoisotopic (exact) mass is 286 g/mol. The summed E-state index contributed by atoms with van der Waals surface area (Å²) in [6, 6.07) is 9.30. The molecule has 0 spiro atoms. The number of ether oxygens (including phenoxy) is 1. The molecule has 0 aliphatic carbocycles. The quantitative estimate of drug-likeness (QED) is 0.858. The van der Waals surface area contributed by atoms with Gasteiger partial charge in [-0.05, 0) is 37.3 Å². The Kier molecular flexibility index (Phi) is 4.85. The maximum Gasteiger partial charge on any atom is 0.260 e. The lowest BCUT2D eigenvalue weighted by Crippen LogP contribution is -2.50. The third-order valence-corrected chi connectivity index (χ3v) is 4.28. The van der Waals surface area contributed by atoms with Gasteiger partial charge in [-0.1, -0.05) is 26.0 Å². The fraction of sp³-hybridized carbons (Fsp3) is 0.529. The predicted octanol–water partition coefficient (Wildman–Crippen LogP) is 2.83. The standard InChI is InChI=1S/C17H22N2O2/c1-12-8-13(2)14(3)19(10-12)17(20)11-21-16-7-5-4-6-15(16)9-18/h4-7,12-14H,8,10-11H2,1-3H3. The Bertz CT molecular complexity index is 550. The molecule has 21 heavy (non-hydrogen) atoms. The van der Waals surface area contributed by atoms with Crippen molar-refractivity contribution in [3.63, 3.8) is 0 Å². The molecule has 1 aromatic rings. The van der Waals surface area contributed by atoms with Crippen molar-refractivity contribution in [2.24, 2.45) is 11.8 Å². The van der Waals surface area contributed by atoms with Crippen LogP contribution in [0.1, 0.15) is 32.8 Å². The van der Waals surface area contributed by atoms with Crippen molar-refractivity contribution < 1.29 is 9.53 Å². The Morgan fingerprint density at radius 3 is 2.81 bits per heavy atom. The highest BCUT2D eigenvalue weighted by Gasteiger charge is 2.31. The van der Waals surface area contributed by atoms with Gasteiger partial charge in [0.05, 0.1) is 5.56 Å². The van der Waals surface area contributed by atoms with E-state index in [1.54, 1.807) is 24.3 Å². The van der Waals surface area contributed by atoms with Crippen LogP contribution < -0.4 is 4.74 Å². The number of hydrogen-bond donors (Lipinski definition) is 0. The largest absolute Gasteiger partial charge is 0.482 e. The van der Waals surface area contributed by atoms with E-state index in [9.17, 15) is 4.79 Å². The zero-order valence-corrected chi connectivity index (χ0v) is 12.9. The van der Waals surface area contributed by atoms with E-state index >= 15 is 0 Å². The Balaban J connectivity index is 2.00. The van der Waals surface area contributed by atoms with E-state index in [4.69, 9.17) is 10.00 Å². The van der Waals surface area contributed by atoms with Crippen LogP contribution in [0.3, 0.4) is 0 Å². The normalized spacial score (nSPS) is 25.2. The summed E-state index contributed by atoms with van der Waals surface area (Å²) in [5, 5.41) is 9.02. The van der Waals surface area contributed by atoms with E-state index in [0.717, 1.165) is 13.0 Å². The molecule has 4 heteroatoms. The van der Waals surface area contributed by atoms with Gasteiger partial charge in [0.1, 0.15) is 11.8 Å². The number of likely N-dealkylation sites (tertiary alicyclic amines) is 1. The molecular formula is C17H22N2O2. The highest BCUT2D eigenvalue weighted by molar-refractivity contribution is 5.78. The van der Waals surface area contributed by atoms with Crippen molar-refractivity contribution >= 4 is 5.91 Å². The molecule has 2 rings (SSSR count). The Morgan fingerprint density at radius 2 is 2.10 bits per heavy atom. The molecule has 3 unspecified atom stereocenters. The number of benzene rings is 1. The van der Waals surface area contributed by atoms with Gasteiger partial charge in [-0.15, -0.1) is 0 Å². The predicted molar refractivity (Wildman–Crippen MR) is 80.8 cm³/mol. The van der Waals surface area contributed by atoms with Gasteiger partial charge < -0.3 is 9.64 Å². The smallest absolute Gasteiger partial charge is 0.260 e. The lowest BCUT2D eigenvalue weighted by Gasteiger charge is -2.41. The second-order valence-electron chi connectivity index (χ2n) is 6.00. The molecular weight excluding hydrogens is 264 g/mol. The fourth-order valence-electron chi connectivity index (χ4n) is 2.95. The summed E-state index contributed by atoms with van der Waals surface area (Å²) in [4.78, 5) is 14.3. The lowest BCUT2D eigenvalue weighted by atomic mass is 9.86. The number of rotatable bonds is 3. The number of piperidine rings is 1. The number of nitriles is 1. The van der Waals surface area contributed by atoms with Crippen molar-refractivity contribution in [1.29, 1.82) is 5.26 Å². The van der Waals surface area contributed by atoms with Crippen LogP contribution in [0.4, 0.5) is 0 Å². The number of carbonyl (C=O) groups is 1. The fourth-order valence-corrected chi connectivity index (χ4v) is 2.95. The first-order valence-corrected chi connectivity index (χ1v) is 7.44. The molecule has 0 N–H and O–H groups in total. The van der Waals surface area contributed by atoms with Crippen LogP contribution in [0, 0.1) is 23.2 Å². The summed E-state index contributed by atoms with van der Waals surface area (Å²) < 4.78 is 5.55. The van der Waals surface area contributed by atoms with E-state index in [1.165, 1.54) is 0 Å². The zero-order valence-electron chi connectivity index (χ0n) is 12.9. The Morgan fingerprint density at radius 1 is 1.38 bits per heavy atom. The molecule has 1 heterocycles. The molecule has 1 aromatic carbocycles. The van der Waals surface area contributed by atoms with Crippen LogP contribution in [-0.4, -0.2) is 30.0 Å². The summed E-state index contributed by atoms with van der Waals surface area (Å²) in [5.41, 5.74) is 0.457. The summed E-state index contributed by atoms with van der Waals surface area (Å²) in [5.74, 6) is 1.49. The Hall–Kier alpha value is -2.02. The average Bonchev–Trinajstić information content (AvgIpc) is 2.48. The summed E-state index contributed by atoms with van der Waals surface area (Å²) in [6.45, 7) is 7.23. The number of carbonyl (C=O) groups excluding carboxylic acids is 1. The number of para-hydroxylation sites is 1. The summed E-state index contributed by atoms with van der Waals surface area (Å²) in [6.07, 6.45) is 1.16. The maximum atomic E-state index is 12.4. The van der Waals surface area contributed by atoms with E-state index in [2.05, 4.69) is 26.8 Å². The highest BCUT2D eigenvalue weighted by Crippen LogP contribution is 2.27. The minimum absolute atomic E-state index is 0.00589. The van der Waals surface area contributed by atoms with Gasteiger partial charge in [0.25, 0.3) is 5.91 Å². The van der Waals surface area contributed by atoms with E-state index in [-0.39, 0.29) is 18.6 Å². The molecule has 3 atom stereocenters. The van der Waals surface area contributed by atoms with Gasteiger partial charge in [0.15, 0.2) is 6.61 Å². The molecule has 1 aliphatic heterocycles. The van der Waals surface area contributed by atoms with Crippen LogP contribution in [0.5, 0.6) is 5.75 Å².